The first-order valence-electron chi connectivity index (χ1n) is 12.5. The van der Waals surface area contributed by atoms with Gasteiger partial charge in [0.15, 0.2) is 0 Å². The Morgan fingerprint density at radius 3 is 2.31 bits per heavy atom. The van der Waals surface area contributed by atoms with Crippen molar-refractivity contribution in [2.45, 2.75) is 25.3 Å². The zero-order valence-corrected chi connectivity index (χ0v) is 22.0. The van der Waals surface area contributed by atoms with Crippen molar-refractivity contribution in [1.29, 1.82) is 0 Å². The topological polar surface area (TPSA) is 129 Å². The number of carboxylic acid groups (broad SMARTS) is 1. The fraction of sp³-hybridized carbons (Fsp3) is 0.333. The van der Waals surface area contributed by atoms with Gasteiger partial charge in [0.05, 0.1) is 5.75 Å². The summed E-state index contributed by atoms with van der Waals surface area (Å²) in [6.45, 7) is 1.45. The first-order valence-corrected chi connectivity index (χ1v) is 14.1. The summed E-state index contributed by atoms with van der Waals surface area (Å²) in [5.74, 6) is 6.69. The molecule has 1 unspecified atom stereocenters. The number of nitrogens with zero attached hydrogens (tertiary/aromatic N) is 5. The summed E-state index contributed by atoms with van der Waals surface area (Å²) in [7, 11) is -3.68. The van der Waals surface area contributed by atoms with Crippen molar-refractivity contribution in [2.24, 2.45) is 0 Å². The van der Waals surface area contributed by atoms with Crippen LogP contribution >= 0.6 is 0 Å². The van der Waals surface area contributed by atoms with Gasteiger partial charge in [0, 0.05) is 68.4 Å². The van der Waals surface area contributed by atoms with E-state index in [0.29, 0.717) is 55.1 Å². The largest absolute Gasteiger partial charge is 0.465 e. The van der Waals surface area contributed by atoms with Crippen molar-refractivity contribution in [3.8, 4) is 11.8 Å². The number of amides is 1. The third-order valence-corrected chi connectivity index (χ3v) is 8.19. The van der Waals surface area contributed by atoms with Gasteiger partial charge in [-0.15, -0.1) is 0 Å². The van der Waals surface area contributed by atoms with E-state index in [9.17, 15) is 22.7 Å². The van der Waals surface area contributed by atoms with E-state index in [-0.39, 0.29) is 24.7 Å². The van der Waals surface area contributed by atoms with Crippen molar-refractivity contribution < 1.29 is 22.7 Å². The van der Waals surface area contributed by atoms with E-state index in [2.05, 4.69) is 32.1 Å². The van der Waals surface area contributed by atoms with E-state index in [0.717, 1.165) is 0 Å². The Morgan fingerprint density at radius 1 is 1.00 bits per heavy atom. The molecule has 0 bridgehead atoms. The molecule has 4 rings (SSSR count). The number of nitrogens with one attached hydrogen (secondary N) is 1. The number of benzene rings is 1. The number of sulfonamides is 1. The Bertz CT molecular complexity index is 1400. The van der Waals surface area contributed by atoms with E-state index in [1.807, 2.05) is 17.0 Å². The molecule has 2 N–H and O–H groups in total. The number of aryl methyl sites for hydroxylation is 1. The number of hydrogen-bond donors (Lipinski definition) is 2. The molecule has 1 atom stereocenters. The Balaban J connectivity index is 1.29. The second-order valence-corrected chi connectivity index (χ2v) is 11.0. The van der Waals surface area contributed by atoms with Gasteiger partial charge >= 0.3 is 6.09 Å². The summed E-state index contributed by atoms with van der Waals surface area (Å²) in [4.78, 5) is 26.0. The molecule has 1 fully saturated rings. The number of halogens is 1. The zero-order valence-electron chi connectivity index (χ0n) is 21.2. The molecule has 3 heterocycles. The molecule has 1 amide bonds. The standard InChI is InChI=1S/C27H29FN6O4S/c28-23-10-7-21(8-11-23)5-6-22-9-12-26(31-19-22)33-15-17-34(18-16-33)39(37,38)20-24(32-27(35)36)3-1-4-25-29-13-2-14-30-25/h2,7-14,19,24,32H,1,3-4,15-18,20H2,(H,35,36). The SMILES string of the molecule is O=C(O)NC(CCCc1ncccn1)CS(=O)(=O)N1CCN(c2ccc(C#Cc3ccc(F)cc3)cn2)CC1. The van der Waals surface area contributed by atoms with Gasteiger partial charge in [-0.3, -0.25) is 0 Å². The number of anilines is 1. The summed E-state index contributed by atoms with van der Waals surface area (Å²) < 4.78 is 40.6. The van der Waals surface area contributed by atoms with Crippen LogP contribution in [-0.2, 0) is 16.4 Å². The highest BCUT2D eigenvalue weighted by Crippen LogP contribution is 2.17. The van der Waals surface area contributed by atoms with Crippen LogP contribution in [0.15, 0.2) is 61.1 Å². The van der Waals surface area contributed by atoms with Crippen molar-refractivity contribution in [2.75, 3.05) is 36.8 Å². The van der Waals surface area contributed by atoms with Crippen LogP contribution in [0.4, 0.5) is 15.0 Å². The maximum absolute atomic E-state index is 13.1. The molecular formula is C27H29FN6O4S. The van der Waals surface area contributed by atoms with Crippen LogP contribution in [0, 0.1) is 17.7 Å². The maximum Gasteiger partial charge on any atom is 0.404 e. The molecule has 1 saturated heterocycles. The van der Waals surface area contributed by atoms with E-state index < -0.39 is 22.2 Å². The molecule has 1 aromatic carbocycles. The predicted molar refractivity (Wildman–Crippen MR) is 144 cm³/mol. The fourth-order valence-corrected chi connectivity index (χ4v) is 5.91. The van der Waals surface area contributed by atoms with Crippen LogP contribution in [0.3, 0.4) is 0 Å². The molecule has 12 heteroatoms. The summed E-state index contributed by atoms with van der Waals surface area (Å²) in [5, 5.41) is 11.6. The lowest BCUT2D eigenvalue weighted by atomic mass is 10.1. The molecule has 3 aromatic rings. The minimum atomic E-state index is -3.68. The van der Waals surface area contributed by atoms with Crippen LogP contribution in [0.1, 0.15) is 29.8 Å². The van der Waals surface area contributed by atoms with Crippen molar-refractivity contribution in [3.05, 3.63) is 83.8 Å². The quantitative estimate of drug-likeness (QED) is 0.388. The van der Waals surface area contributed by atoms with Crippen LogP contribution < -0.4 is 10.2 Å². The first-order chi connectivity index (χ1) is 18.8. The third kappa shape index (κ3) is 8.46. The van der Waals surface area contributed by atoms with Crippen molar-refractivity contribution >= 4 is 21.9 Å². The van der Waals surface area contributed by atoms with E-state index in [1.165, 1.54) is 16.4 Å². The summed E-state index contributed by atoms with van der Waals surface area (Å²) in [6, 6.07) is 10.6. The Kier molecular flexibility index (Phi) is 9.40. The number of piperazine rings is 1. The van der Waals surface area contributed by atoms with Gasteiger partial charge in [-0.25, -0.2) is 32.6 Å². The molecule has 1 aliphatic heterocycles. The normalized spacial score (nSPS) is 14.7. The van der Waals surface area contributed by atoms with E-state index >= 15 is 0 Å². The predicted octanol–water partition coefficient (Wildman–Crippen LogP) is 2.52. The van der Waals surface area contributed by atoms with Crippen LogP contribution in [0.25, 0.3) is 0 Å². The van der Waals surface area contributed by atoms with Crippen molar-refractivity contribution in [3.63, 3.8) is 0 Å². The number of pyridine rings is 1. The van der Waals surface area contributed by atoms with Gasteiger partial charge in [-0.1, -0.05) is 11.8 Å². The lowest BCUT2D eigenvalue weighted by Crippen LogP contribution is -2.51. The molecule has 10 nitrogen and oxygen atoms in total. The van der Waals surface area contributed by atoms with E-state index in [1.54, 1.807) is 36.8 Å². The van der Waals surface area contributed by atoms with Gasteiger partial charge < -0.3 is 15.3 Å². The third-order valence-electron chi connectivity index (χ3n) is 6.21. The highest BCUT2D eigenvalue weighted by Gasteiger charge is 2.30. The van der Waals surface area contributed by atoms with Crippen LogP contribution in [0.2, 0.25) is 0 Å². The summed E-state index contributed by atoms with van der Waals surface area (Å²) in [5.41, 5.74) is 1.41. The minimum absolute atomic E-state index is 0.272. The second-order valence-electron chi connectivity index (χ2n) is 9.03. The fourth-order valence-electron chi connectivity index (χ4n) is 4.22. The highest BCUT2D eigenvalue weighted by atomic mass is 32.2. The molecule has 39 heavy (non-hydrogen) atoms. The lowest BCUT2D eigenvalue weighted by Gasteiger charge is -2.35. The molecular weight excluding hydrogens is 523 g/mol. The molecule has 0 spiro atoms. The highest BCUT2D eigenvalue weighted by molar-refractivity contribution is 7.89. The average Bonchev–Trinajstić information content (AvgIpc) is 2.93. The maximum atomic E-state index is 13.1. The Hall–Kier alpha value is -4.08. The summed E-state index contributed by atoms with van der Waals surface area (Å²) >= 11 is 0. The summed E-state index contributed by atoms with van der Waals surface area (Å²) in [6.07, 6.45) is 5.09. The number of rotatable bonds is 9. The number of aromatic nitrogens is 3. The zero-order chi connectivity index (χ0) is 27.7. The van der Waals surface area contributed by atoms with Gasteiger partial charge in [-0.2, -0.15) is 4.31 Å². The molecule has 204 valence electrons. The van der Waals surface area contributed by atoms with Gasteiger partial charge in [0.1, 0.15) is 17.5 Å². The van der Waals surface area contributed by atoms with Crippen LogP contribution in [0.5, 0.6) is 0 Å². The molecule has 1 aliphatic rings. The number of carbonyl (C=O) groups is 1. The second kappa shape index (κ2) is 13.1. The first kappa shape index (κ1) is 27.9. The van der Waals surface area contributed by atoms with Gasteiger partial charge in [0.25, 0.3) is 0 Å². The van der Waals surface area contributed by atoms with Crippen molar-refractivity contribution in [1.82, 2.24) is 24.6 Å². The smallest absolute Gasteiger partial charge is 0.404 e. The molecule has 0 saturated carbocycles. The van der Waals surface area contributed by atoms with E-state index in [4.69, 9.17) is 0 Å². The van der Waals surface area contributed by atoms with Gasteiger partial charge in [-0.05, 0) is 55.3 Å². The van der Waals surface area contributed by atoms with Crippen LogP contribution in [-0.4, -0.2) is 76.8 Å². The Morgan fingerprint density at radius 2 is 1.67 bits per heavy atom. The monoisotopic (exact) mass is 552 g/mol. The Labute approximate surface area is 227 Å². The minimum Gasteiger partial charge on any atom is -0.465 e. The number of hydrogen-bond acceptors (Lipinski definition) is 7. The average molecular weight is 553 g/mol. The molecule has 0 aliphatic carbocycles. The molecule has 0 radical (unpaired) electrons. The molecule has 2 aromatic heterocycles. The van der Waals surface area contributed by atoms with Gasteiger partial charge in [0.2, 0.25) is 10.0 Å². The lowest BCUT2D eigenvalue weighted by molar-refractivity contribution is 0.190.